The monoisotopic (exact) mass is 311 g/mol. The van der Waals surface area contributed by atoms with E-state index in [1.165, 1.54) is 11.3 Å². The lowest BCUT2D eigenvalue weighted by Gasteiger charge is -2.45. The Balaban J connectivity index is 1.70. The fourth-order valence-corrected chi connectivity index (χ4v) is 3.45. The summed E-state index contributed by atoms with van der Waals surface area (Å²) in [5, 5.41) is 0.726. The van der Waals surface area contributed by atoms with Gasteiger partial charge in [0.2, 0.25) is 6.29 Å². The minimum atomic E-state index is -0.402. The normalized spacial score (nSPS) is 23.7. The van der Waals surface area contributed by atoms with Gasteiger partial charge in [-0.25, -0.2) is 4.98 Å². The zero-order valence-corrected chi connectivity index (χ0v) is 13.5. The molecule has 7 heteroatoms. The number of hydrogen-bond acceptors (Lipinski definition) is 6. The molecule has 0 N–H and O–H groups in total. The fourth-order valence-electron chi connectivity index (χ4n) is 2.57. The van der Waals surface area contributed by atoms with E-state index < -0.39 is 6.29 Å². The van der Waals surface area contributed by atoms with Crippen LogP contribution in [0, 0.1) is 0 Å². The molecule has 0 radical (unpaired) electrons. The van der Waals surface area contributed by atoms with Gasteiger partial charge in [-0.2, -0.15) is 0 Å². The molecule has 2 saturated heterocycles. The van der Waals surface area contributed by atoms with Crippen LogP contribution in [0.3, 0.4) is 0 Å². The molecule has 1 aromatic heterocycles. The van der Waals surface area contributed by atoms with Crippen LogP contribution in [0.15, 0.2) is 6.20 Å². The number of rotatable bonds is 2. The zero-order chi connectivity index (χ0) is 15.0. The SMILES string of the molecule is CN1CCN(C(=O)c2cnc(C3OCCO3)s2)CC1(C)C. The van der Waals surface area contributed by atoms with Crippen molar-refractivity contribution in [2.75, 3.05) is 39.9 Å². The van der Waals surface area contributed by atoms with Crippen LogP contribution in [0.2, 0.25) is 0 Å². The van der Waals surface area contributed by atoms with E-state index in [0.717, 1.165) is 24.6 Å². The van der Waals surface area contributed by atoms with E-state index in [-0.39, 0.29) is 11.4 Å². The van der Waals surface area contributed by atoms with Crippen molar-refractivity contribution in [1.29, 1.82) is 0 Å². The number of nitrogens with zero attached hydrogens (tertiary/aromatic N) is 3. The summed E-state index contributed by atoms with van der Waals surface area (Å²) >= 11 is 1.37. The van der Waals surface area contributed by atoms with Crippen molar-refractivity contribution >= 4 is 17.2 Å². The summed E-state index contributed by atoms with van der Waals surface area (Å²) in [7, 11) is 2.10. The molecule has 2 aliphatic rings. The van der Waals surface area contributed by atoms with E-state index in [2.05, 4.69) is 30.8 Å². The molecule has 0 aromatic carbocycles. The molecule has 0 spiro atoms. The van der Waals surface area contributed by atoms with Gasteiger partial charge in [0, 0.05) is 25.2 Å². The van der Waals surface area contributed by atoms with Crippen LogP contribution in [0.5, 0.6) is 0 Å². The molecule has 3 rings (SSSR count). The standard InChI is InChI=1S/C14H21N3O3S/c1-14(2)9-17(5-4-16(14)3)12(18)10-8-15-11(21-10)13-19-6-7-20-13/h8,13H,4-7,9H2,1-3H3. The molecule has 3 heterocycles. The third-order valence-electron chi connectivity index (χ3n) is 4.16. The second-order valence-electron chi connectivity index (χ2n) is 6.10. The number of ether oxygens (including phenoxy) is 2. The first-order valence-electron chi connectivity index (χ1n) is 7.17. The second-order valence-corrected chi connectivity index (χ2v) is 7.16. The van der Waals surface area contributed by atoms with Crippen molar-refractivity contribution in [3.8, 4) is 0 Å². The van der Waals surface area contributed by atoms with E-state index in [1.807, 2.05) is 4.90 Å². The first-order valence-corrected chi connectivity index (χ1v) is 7.98. The Kier molecular flexibility index (Phi) is 4.00. The van der Waals surface area contributed by atoms with Gasteiger partial charge in [-0.05, 0) is 20.9 Å². The number of thiazole rings is 1. The van der Waals surface area contributed by atoms with E-state index in [9.17, 15) is 4.79 Å². The molecule has 2 fully saturated rings. The molecular weight excluding hydrogens is 290 g/mol. The fraction of sp³-hybridized carbons (Fsp3) is 0.714. The Hall–Kier alpha value is -1.02. The molecule has 116 valence electrons. The largest absolute Gasteiger partial charge is 0.344 e. The van der Waals surface area contributed by atoms with Crippen molar-refractivity contribution in [2.24, 2.45) is 0 Å². The van der Waals surface area contributed by atoms with Gasteiger partial charge in [-0.1, -0.05) is 0 Å². The number of carbonyl (C=O) groups excluding carboxylic acids is 1. The molecular formula is C14H21N3O3S. The van der Waals surface area contributed by atoms with Gasteiger partial charge in [-0.15, -0.1) is 11.3 Å². The van der Waals surface area contributed by atoms with Crippen molar-refractivity contribution in [1.82, 2.24) is 14.8 Å². The number of carbonyl (C=O) groups is 1. The van der Waals surface area contributed by atoms with Gasteiger partial charge >= 0.3 is 0 Å². The van der Waals surface area contributed by atoms with Gasteiger partial charge in [-0.3, -0.25) is 9.69 Å². The van der Waals surface area contributed by atoms with Gasteiger partial charge < -0.3 is 14.4 Å². The van der Waals surface area contributed by atoms with Crippen molar-refractivity contribution < 1.29 is 14.3 Å². The molecule has 0 aliphatic carbocycles. The maximum absolute atomic E-state index is 12.6. The summed E-state index contributed by atoms with van der Waals surface area (Å²) in [4.78, 5) is 21.7. The molecule has 2 aliphatic heterocycles. The average Bonchev–Trinajstić information content (AvgIpc) is 3.10. The van der Waals surface area contributed by atoms with Gasteiger partial charge in [0.25, 0.3) is 5.91 Å². The predicted octanol–water partition coefficient (Wildman–Crippen LogP) is 1.35. The minimum Gasteiger partial charge on any atom is -0.344 e. The van der Waals surface area contributed by atoms with Gasteiger partial charge in [0.05, 0.1) is 19.4 Å². The van der Waals surface area contributed by atoms with Crippen LogP contribution in [-0.4, -0.2) is 66.1 Å². The molecule has 0 bridgehead atoms. The Morgan fingerprint density at radius 1 is 1.38 bits per heavy atom. The second kappa shape index (κ2) is 5.64. The number of aromatic nitrogens is 1. The highest BCUT2D eigenvalue weighted by molar-refractivity contribution is 7.13. The van der Waals surface area contributed by atoms with E-state index in [0.29, 0.717) is 18.1 Å². The molecule has 1 amide bonds. The van der Waals surface area contributed by atoms with Crippen LogP contribution in [0.4, 0.5) is 0 Å². The lowest BCUT2D eigenvalue weighted by atomic mass is 10.00. The zero-order valence-electron chi connectivity index (χ0n) is 12.7. The van der Waals surface area contributed by atoms with E-state index in [1.54, 1.807) is 6.20 Å². The molecule has 0 atom stereocenters. The molecule has 1 aromatic rings. The van der Waals surface area contributed by atoms with Crippen LogP contribution in [0.1, 0.15) is 34.8 Å². The van der Waals surface area contributed by atoms with Crippen molar-refractivity contribution in [3.63, 3.8) is 0 Å². The lowest BCUT2D eigenvalue weighted by molar-refractivity contribution is -0.0442. The first kappa shape index (κ1) is 14.9. The van der Waals surface area contributed by atoms with Gasteiger partial charge in [0.1, 0.15) is 9.88 Å². The summed E-state index contributed by atoms with van der Waals surface area (Å²) in [5.74, 6) is 0.0536. The number of likely N-dealkylation sites (N-methyl/N-ethyl adjacent to an activating group) is 1. The highest BCUT2D eigenvalue weighted by Crippen LogP contribution is 2.28. The topological polar surface area (TPSA) is 54.9 Å². The summed E-state index contributed by atoms with van der Waals surface area (Å²) in [6, 6.07) is 0. The van der Waals surface area contributed by atoms with E-state index >= 15 is 0 Å². The molecule has 21 heavy (non-hydrogen) atoms. The Labute approximate surface area is 128 Å². The highest BCUT2D eigenvalue weighted by Gasteiger charge is 2.34. The third kappa shape index (κ3) is 2.96. The van der Waals surface area contributed by atoms with E-state index in [4.69, 9.17) is 9.47 Å². The minimum absolute atomic E-state index is 0.000890. The Morgan fingerprint density at radius 3 is 2.76 bits per heavy atom. The molecule has 0 saturated carbocycles. The summed E-state index contributed by atoms with van der Waals surface area (Å²) in [6.45, 7) is 7.85. The van der Waals surface area contributed by atoms with Crippen molar-refractivity contribution in [2.45, 2.75) is 25.7 Å². The van der Waals surface area contributed by atoms with Crippen LogP contribution >= 0.6 is 11.3 Å². The van der Waals surface area contributed by atoms with Crippen molar-refractivity contribution in [3.05, 3.63) is 16.1 Å². The molecule has 0 unspecified atom stereocenters. The maximum atomic E-state index is 12.6. The van der Waals surface area contributed by atoms with Crippen LogP contribution in [0.25, 0.3) is 0 Å². The number of piperazine rings is 1. The average molecular weight is 311 g/mol. The Morgan fingerprint density at radius 2 is 2.10 bits per heavy atom. The number of hydrogen-bond donors (Lipinski definition) is 0. The van der Waals surface area contributed by atoms with Crippen LogP contribution in [-0.2, 0) is 9.47 Å². The molecule has 6 nitrogen and oxygen atoms in total. The quantitative estimate of drug-likeness (QED) is 0.825. The summed E-state index contributed by atoms with van der Waals surface area (Å²) in [6.07, 6.45) is 1.24. The van der Waals surface area contributed by atoms with Gasteiger partial charge in [0.15, 0.2) is 0 Å². The summed E-state index contributed by atoms with van der Waals surface area (Å²) < 4.78 is 10.8. The first-order chi connectivity index (χ1) is 9.97. The predicted molar refractivity (Wildman–Crippen MR) is 79.4 cm³/mol. The summed E-state index contributed by atoms with van der Waals surface area (Å²) in [5.41, 5.74) is -0.000890. The maximum Gasteiger partial charge on any atom is 0.265 e. The highest BCUT2D eigenvalue weighted by atomic mass is 32.1. The third-order valence-corrected chi connectivity index (χ3v) is 5.17. The Bertz CT molecular complexity index is 525. The number of amides is 1. The smallest absolute Gasteiger partial charge is 0.265 e. The van der Waals surface area contributed by atoms with Crippen LogP contribution < -0.4 is 0 Å². The lowest BCUT2D eigenvalue weighted by Crippen LogP contribution is -2.58.